The first-order valence-corrected chi connectivity index (χ1v) is 11.9. The molecule has 10 heteroatoms. The zero-order valence-corrected chi connectivity index (χ0v) is 18.5. The van der Waals surface area contributed by atoms with Crippen LogP contribution in [-0.4, -0.2) is 57.9 Å². The molecule has 0 radical (unpaired) electrons. The van der Waals surface area contributed by atoms with Crippen LogP contribution in [0.25, 0.3) is 0 Å². The molecule has 0 bridgehead atoms. The van der Waals surface area contributed by atoms with E-state index in [0.717, 1.165) is 48.2 Å². The highest BCUT2D eigenvalue weighted by molar-refractivity contribution is 7.89. The molecule has 8 nitrogen and oxygen atoms in total. The molecule has 1 aliphatic rings. The number of hydrogen-bond donors (Lipinski definition) is 3. The minimum absolute atomic E-state index is 0.226. The molecule has 1 aromatic heterocycles. The number of piperidine rings is 1. The predicted octanol–water partition coefficient (Wildman–Crippen LogP) is 1.20. The summed E-state index contributed by atoms with van der Waals surface area (Å²) in [4.78, 5) is 20.0. The van der Waals surface area contributed by atoms with Crippen LogP contribution < -0.4 is 15.8 Å². The summed E-state index contributed by atoms with van der Waals surface area (Å²) in [6.07, 6.45) is 2.35. The number of aryl methyl sites for hydroxylation is 2. The van der Waals surface area contributed by atoms with Crippen molar-refractivity contribution >= 4 is 33.2 Å². The first kappa shape index (κ1) is 22.6. The third-order valence-electron chi connectivity index (χ3n) is 4.59. The SMILES string of the molecule is CCNC(=NCCNS(=O)(=O)c1cc(C)sc1C)N1CCCC(CC(N)=O)C1. The number of amides is 1. The monoisotopic (exact) mass is 429 g/mol. The largest absolute Gasteiger partial charge is 0.370 e. The van der Waals surface area contributed by atoms with Gasteiger partial charge in [-0.2, -0.15) is 0 Å². The third kappa shape index (κ3) is 6.46. The smallest absolute Gasteiger partial charge is 0.241 e. The van der Waals surface area contributed by atoms with Crippen molar-refractivity contribution in [2.24, 2.45) is 16.6 Å². The van der Waals surface area contributed by atoms with Gasteiger partial charge in [0.2, 0.25) is 15.9 Å². The summed E-state index contributed by atoms with van der Waals surface area (Å²) in [5, 5.41) is 3.25. The van der Waals surface area contributed by atoms with E-state index in [1.807, 2.05) is 20.8 Å². The van der Waals surface area contributed by atoms with Gasteiger partial charge in [-0.15, -0.1) is 11.3 Å². The summed E-state index contributed by atoms with van der Waals surface area (Å²) in [7, 11) is -3.52. The van der Waals surface area contributed by atoms with Crippen LogP contribution in [-0.2, 0) is 14.8 Å². The quantitative estimate of drug-likeness (QED) is 0.326. The van der Waals surface area contributed by atoms with E-state index in [2.05, 4.69) is 19.9 Å². The van der Waals surface area contributed by atoms with Gasteiger partial charge in [-0.25, -0.2) is 13.1 Å². The number of carbonyl (C=O) groups is 1. The molecule has 1 fully saturated rings. The molecule has 0 aliphatic carbocycles. The average Bonchev–Trinajstić information content (AvgIpc) is 2.96. The summed E-state index contributed by atoms with van der Waals surface area (Å²) >= 11 is 1.47. The van der Waals surface area contributed by atoms with E-state index in [9.17, 15) is 13.2 Å². The molecule has 1 aliphatic heterocycles. The van der Waals surface area contributed by atoms with Crippen molar-refractivity contribution in [3.63, 3.8) is 0 Å². The summed E-state index contributed by atoms with van der Waals surface area (Å²) in [5.41, 5.74) is 5.33. The van der Waals surface area contributed by atoms with Gasteiger partial charge in [0.05, 0.1) is 11.4 Å². The van der Waals surface area contributed by atoms with Gasteiger partial charge in [0.15, 0.2) is 5.96 Å². The fraction of sp³-hybridized carbons (Fsp3) is 0.667. The molecule has 1 saturated heterocycles. The normalized spacial score (nSPS) is 18.3. The first-order chi connectivity index (χ1) is 13.2. The number of thiophene rings is 1. The van der Waals surface area contributed by atoms with Crippen LogP contribution in [0.5, 0.6) is 0 Å². The van der Waals surface area contributed by atoms with Gasteiger partial charge < -0.3 is 16.0 Å². The molecule has 0 saturated carbocycles. The molecule has 1 amide bonds. The van der Waals surface area contributed by atoms with E-state index in [-0.39, 0.29) is 18.4 Å². The number of sulfonamides is 1. The van der Waals surface area contributed by atoms with E-state index in [0.29, 0.717) is 17.9 Å². The molecular formula is C18H31N5O3S2. The number of nitrogens with zero attached hydrogens (tertiary/aromatic N) is 2. The van der Waals surface area contributed by atoms with Gasteiger partial charge in [-0.05, 0) is 45.6 Å². The van der Waals surface area contributed by atoms with Crippen LogP contribution in [0.2, 0.25) is 0 Å². The Balaban J connectivity index is 1.95. The minimum Gasteiger partial charge on any atom is -0.370 e. The molecular weight excluding hydrogens is 398 g/mol. The molecule has 2 rings (SSSR count). The Hall–Kier alpha value is -1.65. The maximum Gasteiger partial charge on any atom is 0.241 e. The summed E-state index contributed by atoms with van der Waals surface area (Å²) in [6.45, 7) is 8.57. The number of primary amides is 1. The topological polar surface area (TPSA) is 117 Å². The number of nitrogens with two attached hydrogens (primary N) is 1. The van der Waals surface area contributed by atoms with E-state index >= 15 is 0 Å². The Labute approximate surface area is 171 Å². The van der Waals surface area contributed by atoms with E-state index in [1.165, 1.54) is 11.3 Å². The number of aliphatic imine (C=N–C) groups is 1. The highest BCUT2D eigenvalue weighted by Crippen LogP contribution is 2.24. The molecule has 1 unspecified atom stereocenters. The van der Waals surface area contributed by atoms with Crippen LogP contribution in [0.1, 0.15) is 35.9 Å². The molecule has 28 heavy (non-hydrogen) atoms. The Morgan fingerprint density at radius 2 is 2.18 bits per heavy atom. The molecule has 2 heterocycles. The maximum atomic E-state index is 12.5. The van der Waals surface area contributed by atoms with Crippen LogP contribution >= 0.6 is 11.3 Å². The lowest BCUT2D eigenvalue weighted by molar-refractivity contribution is -0.119. The highest BCUT2D eigenvalue weighted by atomic mass is 32.2. The molecule has 0 aromatic carbocycles. The molecule has 4 N–H and O–H groups in total. The standard InChI is InChI=1S/C18H31N5O3S2/c1-4-20-18(23-9-5-6-15(12-23)11-17(19)24)21-7-8-22-28(25,26)16-10-13(2)27-14(16)3/h10,15,22H,4-9,11-12H2,1-3H3,(H2,19,24)(H,20,21). The maximum absolute atomic E-state index is 12.5. The van der Waals surface area contributed by atoms with Crippen molar-refractivity contribution in [3.8, 4) is 0 Å². The van der Waals surface area contributed by atoms with Gasteiger partial charge in [-0.1, -0.05) is 0 Å². The number of hydrogen-bond acceptors (Lipinski definition) is 5. The second-order valence-electron chi connectivity index (χ2n) is 7.04. The summed E-state index contributed by atoms with van der Waals surface area (Å²) < 4.78 is 27.6. The van der Waals surface area contributed by atoms with Gasteiger partial charge in [-0.3, -0.25) is 9.79 Å². The van der Waals surface area contributed by atoms with Crippen molar-refractivity contribution in [1.82, 2.24) is 14.9 Å². The number of carbonyl (C=O) groups excluding carboxylic acids is 1. The Morgan fingerprint density at radius 1 is 1.43 bits per heavy atom. The van der Waals surface area contributed by atoms with Crippen LogP contribution in [0.15, 0.2) is 16.0 Å². The molecule has 1 atom stereocenters. The molecule has 0 spiro atoms. The summed E-state index contributed by atoms with van der Waals surface area (Å²) in [6, 6.07) is 1.70. The number of guanidine groups is 1. The predicted molar refractivity (Wildman–Crippen MR) is 113 cm³/mol. The van der Waals surface area contributed by atoms with Crippen LogP contribution in [0, 0.1) is 19.8 Å². The first-order valence-electron chi connectivity index (χ1n) is 9.61. The Morgan fingerprint density at radius 3 is 2.79 bits per heavy atom. The fourth-order valence-electron chi connectivity index (χ4n) is 3.43. The van der Waals surface area contributed by atoms with Crippen LogP contribution in [0.3, 0.4) is 0 Å². The number of nitrogens with one attached hydrogen (secondary N) is 2. The second-order valence-corrected chi connectivity index (χ2v) is 10.2. The second kappa shape index (κ2) is 10.2. The van der Waals surface area contributed by atoms with Gasteiger partial charge in [0.25, 0.3) is 0 Å². The molecule has 1 aromatic rings. The Bertz CT molecular complexity index is 804. The van der Waals surface area contributed by atoms with E-state index in [4.69, 9.17) is 5.73 Å². The van der Waals surface area contributed by atoms with Gasteiger partial charge >= 0.3 is 0 Å². The molecule has 158 valence electrons. The fourth-order valence-corrected chi connectivity index (χ4v) is 6.00. The minimum atomic E-state index is -3.52. The average molecular weight is 430 g/mol. The van der Waals surface area contributed by atoms with Crippen LogP contribution in [0.4, 0.5) is 0 Å². The lowest BCUT2D eigenvalue weighted by Gasteiger charge is -2.34. The number of rotatable bonds is 8. The Kier molecular flexibility index (Phi) is 8.26. The van der Waals surface area contributed by atoms with Crippen molar-refractivity contribution in [3.05, 3.63) is 15.8 Å². The van der Waals surface area contributed by atoms with Gasteiger partial charge in [0.1, 0.15) is 0 Å². The van der Waals surface area contributed by atoms with Crippen molar-refractivity contribution < 1.29 is 13.2 Å². The van der Waals surface area contributed by atoms with Crippen molar-refractivity contribution in [2.75, 3.05) is 32.7 Å². The zero-order chi connectivity index (χ0) is 20.7. The summed E-state index contributed by atoms with van der Waals surface area (Å²) in [5.74, 6) is 0.707. The van der Waals surface area contributed by atoms with E-state index in [1.54, 1.807) is 6.07 Å². The number of likely N-dealkylation sites (tertiary alicyclic amines) is 1. The van der Waals surface area contributed by atoms with Crippen molar-refractivity contribution in [1.29, 1.82) is 0 Å². The lowest BCUT2D eigenvalue weighted by atomic mass is 9.95. The van der Waals surface area contributed by atoms with Crippen molar-refractivity contribution in [2.45, 2.75) is 44.9 Å². The van der Waals surface area contributed by atoms with E-state index < -0.39 is 10.0 Å². The highest BCUT2D eigenvalue weighted by Gasteiger charge is 2.23. The van der Waals surface area contributed by atoms with Gasteiger partial charge in [0, 0.05) is 42.4 Å². The lowest BCUT2D eigenvalue weighted by Crippen LogP contribution is -2.47. The third-order valence-corrected chi connectivity index (χ3v) is 7.28. The zero-order valence-electron chi connectivity index (χ0n) is 16.8.